The Bertz CT molecular complexity index is 693. The molecule has 3 rings (SSSR count). The van der Waals surface area contributed by atoms with Crippen molar-refractivity contribution in [2.45, 2.75) is 56.9 Å². The van der Waals surface area contributed by atoms with Gasteiger partial charge in [-0.1, -0.05) is 0 Å². The highest BCUT2D eigenvalue weighted by Gasteiger charge is 2.50. The van der Waals surface area contributed by atoms with Crippen molar-refractivity contribution < 1.29 is 19.4 Å². The third-order valence-corrected chi connectivity index (χ3v) is 4.52. The Morgan fingerprint density at radius 2 is 2.08 bits per heavy atom. The maximum atomic E-state index is 12.6. The third kappa shape index (κ3) is 3.60. The maximum absolute atomic E-state index is 12.6. The number of hydrogen-bond donors (Lipinski definition) is 1. The highest BCUT2D eigenvalue weighted by molar-refractivity contribution is 5.69. The maximum Gasteiger partial charge on any atom is 0.410 e. The third-order valence-electron chi connectivity index (χ3n) is 4.52. The van der Waals surface area contributed by atoms with Gasteiger partial charge in [0.05, 0.1) is 42.6 Å². The highest BCUT2D eigenvalue weighted by Crippen LogP contribution is 2.41. The largest absolute Gasteiger partial charge is 0.444 e. The lowest BCUT2D eigenvalue weighted by Crippen LogP contribution is -2.63. The minimum atomic E-state index is -1.19. The van der Waals surface area contributed by atoms with Gasteiger partial charge >= 0.3 is 6.09 Å². The number of pyridine rings is 1. The molecule has 3 heterocycles. The molecule has 2 unspecified atom stereocenters. The van der Waals surface area contributed by atoms with Crippen molar-refractivity contribution in [1.29, 1.82) is 5.26 Å². The molecule has 1 aromatic rings. The molecule has 0 spiro atoms. The van der Waals surface area contributed by atoms with Crippen LogP contribution in [0.5, 0.6) is 0 Å². The van der Waals surface area contributed by atoms with Crippen LogP contribution in [0.4, 0.5) is 4.79 Å². The topological polar surface area (TPSA) is 95.7 Å². The van der Waals surface area contributed by atoms with Crippen molar-refractivity contribution in [2.75, 3.05) is 13.2 Å². The van der Waals surface area contributed by atoms with Crippen LogP contribution in [0.3, 0.4) is 0 Å². The minimum Gasteiger partial charge on any atom is -0.444 e. The summed E-state index contributed by atoms with van der Waals surface area (Å²) < 4.78 is 11.1. The van der Waals surface area contributed by atoms with Crippen molar-refractivity contribution in [1.82, 2.24) is 9.88 Å². The van der Waals surface area contributed by atoms with Crippen molar-refractivity contribution in [3.05, 3.63) is 29.6 Å². The summed E-state index contributed by atoms with van der Waals surface area (Å²) in [4.78, 5) is 18.5. The number of ether oxygens (including phenoxy) is 2. The Kier molecular flexibility index (Phi) is 4.43. The van der Waals surface area contributed by atoms with Crippen LogP contribution in [0, 0.1) is 11.3 Å². The van der Waals surface area contributed by atoms with Crippen LogP contribution in [0.2, 0.25) is 0 Å². The molecular weight excluding hydrogens is 322 g/mol. The number of rotatable bonds is 1. The first-order chi connectivity index (χ1) is 11.7. The van der Waals surface area contributed by atoms with Gasteiger partial charge in [0, 0.05) is 19.0 Å². The van der Waals surface area contributed by atoms with Crippen molar-refractivity contribution in [3.63, 3.8) is 0 Å². The predicted octanol–water partition coefficient (Wildman–Crippen LogP) is 1.94. The lowest BCUT2D eigenvalue weighted by Gasteiger charge is -2.51. The van der Waals surface area contributed by atoms with Crippen LogP contribution in [0.15, 0.2) is 18.3 Å². The molecule has 1 amide bonds. The van der Waals surface area contributed by atoms with E-state index in [1.165, 1.54) is 6.20 Å². The fourth-order valence-corrected chi connectivity index (χ4v) is 3.55. The quantitative estimate of drug-likeness (QED) is 0.836. The van der Waals surface area contributed by atoms with Crippen LogP contribution >= 0.6 is 0 Å². The fourth-order valence-electron chi connectivity index (χ4n) is 3.55. The monoisotopic (exact) mass is 345 g/mol. The number of piperidine rings is 1. The molecular formula is C18H23N3O4. The molecule has 2 aliphatic heterocycles. The normalized spacial score (nSPS) is 29.0. The van der Waals surface area contributed by atoms with Gasteiger partial charge in [-0.15, -0.1) is 0 Å². The Labute approximate surface area is 147 Å². The summed E-state index contributed by atoms with van der Waals surface area (Å²) in [5.74, 6) is 0. The van der Waals surface area contributed by atoms with Crippen LogP contribution in [-0.2, 0) is 15.1 Å². The zero-order valence-electron chi connectivity index (χ0n) is 14.7. The molecule has 1 aromatic heterocycles. The Balaban J connectivity index is 1.85. The van der Waals surface area contributed by atoms with E-state index in [1.807, 2.05) is 20.8 Å². The molecule has 2 aliphatic rings. The van der Waals surface area contributed by atoms with Crippen LogP contribution < -0.4 is 0 Å². The van der Waals surface area contributed by atoms with Gasteiger partial charge in [0.25, 0.3) is 0 Å². The van der Waals surface area contributed by atoms with E-state index in [-0.39, 0.29) is 18.2 Å². The first-order valence-electron chi connectivity index (χ1n) is 8.40. The van der Waals surface area contributed by atoms with Crippen LogP contribution in [-0.4, -0.2) is 52.0 Å². The molecule has 0 radical (unpaired) electrons. The minimum absolute atomic E-state index is 0.292. The zero-order chi connectivity index (χ0) is 18.2. The molecule has 7 nitrogen and oxygen atoms in total. The molecule has 1 N–H and O–H groups in total. The molecule has 0 saturated carbocycles. The van der Waals surface area contributed by atoms with Crippen molar-refractivity contribution in [2.24, 2.45) is 0 Å². The number of morpholine rings is 1. The molecule has 134 valence electrons. The Morgan fingerprint density at radius 3 is 2.64 bits per heavy atom. The molecule has 0 aliphatic carbocycles. The summed E-state index contributed by atoms with van der Waals surface area (Å²) in [6.07, 6.45) is 1.74. The average molecular weight is 345 g/mol. The summed E-state index contributed by atoms with van der Waals surface area (Å²) in [5.41, 5.74) is -0.852. The van der Waals surface area contributed by atoms with Gasteiger partial charge in [0.1, 0.15) is 11.2 Å². The number of nitrogens with zero attached hydrogens (tertiary/aromatic N) is 3. The standard InChI is InChI=1S/C18H23N3O4/c1-17(2,3)25-16(22)21-13-7-18(23,8-14(21)11-24-10-13)15-6-12(9-19)4-5-20-15/h4-6,13-14,23H,7-8,10-11H2,1-3H3. The van der Waals surface area contributed by atoms with E-state index in [0.717, 1.165) is 0 Å². The zero-order valence-corrected chi connectivity index (χ0v) is 14.7. The number of aliphatic hydroxyl groups is 1. The second-order valence-corrected chi connectivity index (χ2v) is 7.71. The van der Waals surface area contributed by atoms with Crippen molar-refractivity contribution in [3.8, 4) is 6.07 Å². The second-order valence-electron chi connectivity index (χ2n) is 7.71. The second kappa shape index (κ2) is 6.28. The SMILES string of the molecule is CC(C)(C)OC(=O)N1C2COCC1CC(O)(c1cc(C#N)ccn1)C2. The Hall–Kier alpha value is -2.17. The van der Waals surface area contributed by atoms with Crippen LogP contribution in [0.25, 0.3) is 0 Å². The predicted molar refractivity (Wildman–Crippen MR) is 88.6 cm³/mol. The molecule has 2 bridgehead atoms. The number of hydrogen-bond acceptors (Lipinski definition) is 6. The van der Waals surface area contributed by atoms with E-state index in [9.17, 15) is 9.90 Å². The van der Waals surface area contributed by atoms with Gasteiger partial charge in [0.2, 0.25) is 0 Å². The average Bonchev–Trinajstić information content (AvgIpc) is 2.52. The van der Waals surface area contributed by atoms with Gasteiger partial charge in [-0.3, -0.25) is 9.88 Å². The van der Waals surface area contributed by atoms with E-state index in [1.54, 1.807) is 17.0 Å². The molecule has 7 heteroatoms. The first-order valence-corrected chi connectivity index (χ1v) is 8.40. The number of aromatic nitrogens is 1. The summed E-state index contributed by atoms with van der Waals surface area (Å²) in [5, 5.41) is 20.3. The first kappa shape index (κ1) is 17.6. The number of amides is 1. The number of carbonyl (C=O) groups is 1. The summed E-state index contributed by atoms with van der Waals surface area (Å²) in [6, 6.07) is 4.70. The summed E-state index contributed by atoms with van der Waals surface area (Å²) in [6.45, 7) is 6.17. The summed E-state index contributed by atoms with van der Waals surface area (Å²) in [7, 11) is 0. The van der Waals surface area contributed by atoms with Gasteiger partial charge in [-0.25, -0.2) is 4.79 Å². The highest BCUT2D eigenvalue weighted by atomic mass is 16.6. The van der Waals surface area contributed by atoms with E-state index >= 15 is 0 Å². The van der Waals surface area contributed by atoms with Gasteiger partial charge in [-0.05, 0) is 32.9 Å². The summed E-state index contributed by atoms with van der Waals surface area (Å²) >= 11 is 0. The molecule has 0 aromatic carbocycles. The van der Waals surface area contributed by atoms with E-state index in [2.05, 4.69) is 11.1 Å². The Morgan fingerprint density at radius 1 is 1.44 bits per heavy atom. The number of fused-ring (bicyclic) bond motifs is 2. The van der Waals surface area contributed by atoms with Crippen LogP contribution in [0.1, 0.15) is 44.9 Å². The fraction of sp³-hybridized carbons (Fsp3) is 0.611. The van der Waals surface area contributed by atoms with E-state index < -0.39 is 11.2 Å². The molecule has 2 saturated heterocycles. The van der Waals surface area contributed by atoms with E-state index in [4.69, 9.17) is 14.7 Å². The van der Waals surface area contributed by atoms with Gasteiger partial charge in [0.15, 0.2) is 0 Å². The van der Waals surface area contributed by atoms with Crippen molar-refractivity contribution >= 4 is 6.09 Å². The molecule has 2 atom stereocenters. The number of nitriles is 1. The van der Waals surface area contributed by atoms with E-state index in [0.29, 0.717) is 37.3 Å². The lowest BCUT2D eigenvalue weighted by molar-refractivity contribution is -0.142. The van der Waals surface area contributed by atoms with Gasteiger partial charge < -0.3 is 14.6 Å². The lowest BCUT2D eigenvalue weighted by atomic mass is 9.79. The smallest absolute Gasteiger partial charge is 0.410 e. The van der Waals surface area contributed by atoms with Gasteiger partial charge in [-0.2, -0.15) is 5.26 Å². The molecule has 25 heavy (non-hydrogen) atoms. The molecule has 2 fully saturated rings. The number of carbonyl (C=O) groups excluding carboxylic acids is 1.